The molecule has 4 atom stereocenters. The van der Waals surface area contributed by atoms with Gasteiger partial charge in [0.1, 0.15) is 0 Å². The van der Waals surface area contributed by atoms with Gasteiger partial charge >= 0.3 is 0 Å². The van der Waals surface area contributed by atoms with Crippen molar-refractivity contribution in [1.29, 1.82) is 0 Å². The van der Waals surface area contributed by atoms with Crippen molar-refractivity contribution in [1.82, 2.24) is 0 Å². The summed E-state index contributed by atoms with van der Waals surface area (Å²) in [4.78, 5) is 13.3. The third-order valence-electron chi connectivity index (χ3n) is 6.40. The molecule has 0 saturated heterocycles. The molecule has 1 nitrogen and oxygen atoms in total. The summed E-state index contributed by atoms with van der Waals surface area (Å²) in [5.41, 5.74) is 4.41. The zero-order valence-electron chi connectivity index (χ0n) is 14.3. The Morgan fingerprint density at radius 2 is 1.12 bits per heavy atom. The molecule has 1 heteroatoms. The highest BCUT2D eigenvalue weighted by Gasteiger charge is 2.56. The maximum atomic E-state index is 13.3. The van der Waals surface area contributed by atoms with E-state index in [4.69, 9.17) is 0 Å². The minimum atomic E-state index is 0.291. The number of carbonyl (C=O) groups excluding carboxylic acids is 1. The summed E-state index contributed by atoms with van der Waals surface area (Å²) in [5, 5.41) is 0. The van der Waals surface area contributed by atoms with Crippen LogP contribution in [0.15, 0.2) is 71.8 Å². The smallest absolute Gasteiger partial charge is 0.185 e. The van der Waals surface area contributed by atoms with Gasteiger partial charge in [-0.1, -0.05) is 60.7 Å². The quantitative estimate of drug-likeness (QED) is 0.675. The van der Waals surface area contributed by atoms with Crippen LogP contribution in [0, 0.1) is 23.7 Å². The number of ketones is 1. The lowest BCUT2D eigenvalue weighted by Crippen LogP contribution is -2.18. The van der Waals surface area contributed by atoms with E-state index in [0.717, 1.165) is 22.3 Å². The molecule has 2 aromatic rings. The van der Waals surface area contributed by atoms with Crippen molar-refractivity contribution >= 4 is 17.9 Å². The molecule has 0 aliphatic heterocycles. The lowest BCUT2D eigenvalue weighted by Gasteiger charge is -2.25. The average Bonchev–Trinajstić information content (AvgIpc) is 3.33. The van der Waals surface area contributed by atoms with Crippen molar-refractivity contribution in [3.8, 4) is 0 Å². The molecule has 0 heterocycles. The summed E-state index contributed by atoms with van der Waals surface area (Å²) >= 11 is 0. The Morgan fingerprint density at radius 3 is 1.56 bits per heavy atom. The van der Waals surface area contributed by atoms with Crippen molar-refractivity contribution < 1.29 is 4.79 Å². The Labute approximate surface area is 149 Å². The van der Waals surface area contributed by atoms with Crippen LogP contribution >= 0.6 is 0 Å². The number of fused-ring (bicyclic) bond motifs is 5. The van der Waals surface area contributed by atoms with Crippen molar-refractivity contribution in [3.63, 3.8) is 0 Å². The molecule has 3 saturated carbocycles. The molecule has 4 unspecified atom stereocenters. The third-order valence-corrected chi connectivity index (χ3v) is 6.40. The number of allylic oxidation sites excluding steroid dienone is 2. The molecule has 0 aromatic heterocycles. The summed E-state index contributed by atoms with van der Waals surface area (Å²) in [6.45, 7) is 0. The Kier molecular flexibility index (Phi) is 3.48. The van der Waals surface area contributed by atoms with Gasteiger partial charge in [-0.15, -0.1) is 0 Å². The van der Waals surface area contributed by atoms with Crippen LogP contribution in [0.5, 0.6) is 0 Å². The van der Waals surface area contributed by atoms with Gasteiger partial charge in [0.15, 0.2) is 5.78 Å². The van der Waals surface area contributed by atoms with E-state index in [2.05, 4.69) is 36.4 Å². The van der Waals surface area contributed by atoms with Gasteiger partial charge in [-0.25, -0.2) is 0 Å². The molecule has 0 radical (unpaired) electrons. The van der Waals surface area contributed by atoms with Crippen LogP contribution in [0.4, 0.5) is 0 Å². The molecule has 25 heavy (non-hydrogen) atoms. The molecule has 0 N–H and O–H groups in total. The summed E-state index contributed by atoms with van der Waals surface area (Å²) in [5.74, 6) is 2.59. The van der Waals surface area contributed by atoms with Crippen molar-refractivity contribution in [2.75, 3.05) is 0 Å². The molecule has 124 valence electrons. The van der Waals surface area contributed by atoms with Gasteiger partial charge in [-0.05, 0) is 66.2 Å². The fourth-order valence-corrected chi connectivity index (χ4v) is 5.44. The van der Waals surface area contributed by atoms with Crippen LogP contribution in [0.3, 0.4) is 0 Å². The molecule has 2 aromatic carbocycles. The molecule has 3 fully saturated rings. The molecule has 0 amide bonds. The summed E-state index contributed by atoms with van der Waals surface area (Å²) in [7, 11) is 0. The number of benzene rings is 2. The Balaban J connectivity index is 1.61. The first kappa shape index (κ1) is 14.9. The maximum absolute atomic E-state index is 13.3. The Bertz CT molecular complexity index is 788. The summed E-state index contributed by atoms with van der Waals surface area (Å²) < 4.78 is 0. The first-order valence-corrected chi connectivity index (χ1v) is 9.39. The van der Waals surface area contributed by atoms with E-state index in [1.165, 1.54) is 19.3 Å². The lowest BCUT2D eigenvalue weighted by molar-refractivity contribution is -0.111. The maximum Gasteiger partial charge on any atom is 0.185 e. The highest BCUT2D eigenvalue weighted by Crippen LogP contribution is 2.61. The summed E-state index contributed by atoms with van der Waals surface area (Å²) in [6, 6.07) is 20.6. The normalized spacial score (nSPS) is 33.4. The van der Waals surface area contributed by atoms with Gasteiger partial charge in [-0.3, -0.25) is 4.79 Å². The molecule has 0 spiro atoms. The first-order chi connectivity index (χ1) is 12.3. The molecule has 5 rings (SSSR count). The van der Waals surface area contributed by atoms with Crippen molar-refractivity contribution in [2.45, 2.75) is 19.3 Å². The van der Waals surface area contributed by atoms with Crippen molar-refractivity contribution in [2.24, 2.45) is 23.7 Å². The number of Topliss-reactive ketones (excluding diaryl/α,β-unsaturated/α-hetero) is 1. The molecule has 3 aliphatic rings. The predicted octanol–water partition coefficient (Wildman–Crippen LogP) is 5.40. The molecular weight excluding hydrogens is 304 g/mol. The molecule has 3 aliphatic carbocycles. The zero-order valence-corrected chi connectivity index (χ0v) is 14.3. The number of rotatable bonds is 2. The fraction of sp³-hybridized carbons (Fsp3) is 0.292. The van der Waals surface area contributed by atoms with Crippen LogP contribution in [-0.2, 0) is 4.79 Å². The Hall–Kier alpha value is -2.41. The fourth-order valence-electron chi connectivity index (χ4n) is 5.44. The van der Waals surface area contributed by atoms with Gasteiger partial charge in [0.25, 0.3) is 0 Å². The minimum absolute atomic E-state index is 0.291. The van der Waals surface area contributed by atoms with E-state index in [1.807, 2.05) is 36.4 Å². The highest BCUT2D eigenvalue weighted by atomic mass is 16.1. The number of hydrogen-bond acceptors (Lipinski definition) is 1. The average molecular weight is 326 g/mol. The van der Waals surface area contributed by atoms with Gasteiger partial charge < -0.3 is 0 Å². The number of hydrogen-bond donors (Lipinski definition) is 0. The first-order valence-electron chi connectivity index (χ1n) is 9.39. The van der Waals surface area contributed by atoms with Gasteiger partial charge in [0.05, 0.1) is 0 Å². The van der Waals surface area contributed by atoms with Gasteiger partial charge in [0.2, 0.25) is 0 Å². The van der Waals surface area contributed by atoms with Crippen LogP contribution in [0.1, 0.15) is 30.4 Å². The van der Waals surface area contributed by atoms with E-state index in [1.54, 1.807) is 0 Å². The van der Waals surface area contributed by atoms with E-state index in [0.29, 0.717) is 29.5 Å². The van der Waals surface area contributed by atoms with E-state index in [-0.39, 0.29) is 0 Å². The van der Waals surface area contributed by atoms with Gasteiger partial charge in [0, 0.05) is 11.1 Å². The van der Waals surface area contributed by atoms with Crippen LogP contribution in [0.25, 0.3) is 12.2 Å². The topological polar surface area (TPSA) is 17.1 Å². The van der Waals surface area contributed by atoms with Crippen molar-refractivity contribution in [3.05, 3.63) is 82.9 Å². The zero-order chi connectivity index (χ0) is 16.8. The highest BCUT2D eigenvalue weighted by molar-refractivity contribution is 6.17. The second-order valence-electron chi connectivity index (χ2n) is 7.73. The Morgan fingerprint density at radius 1 is 0.680 bits per heavy atom. The minimum Gasteiger partial charge on any atom is -0.289 e. The predicted molar refractivity (Wildman–Crippen MR) is 102 cm³/mol. The van der Waals surface area contributed by atoms with Crippen LogP contribution in [-0.4, -0.2) is 5.78 Å². The SMILES string of the molecule is O=C1/C(=C\c2ccccc2)C2C3CCC(C3)C2/C1=C/c1ccccc1. The van der Waals surface area contributed by atoms with Crippen LogP contribution < -0.4 is 0 Å². The van der Waals surface area contributed by atoms with Gasteiger partial charge in [-0.2, -0.15) is 0 Å². The standard InChI is InChI=1S/C24H22O/c25-24-20(13-16-7-3-1-4-8-16)22-18-11-12-19(15-18)23(22)21(24)14-17-9-5-2-6-10-17/h1-10,13-14,18-19,22-23H,11-12,15H2/b20-13-,21-14-. The molecule has 2 bridgehead atoms. The second-order valence-corrected chi connectivity index (χ2v) is 7.73. The summed E-state index contributed by atoms with van der Waals surface area (Å²) in [6.07, 6.45) is 8.22. The van der Waals surface area contributed by atoms with Crippen LogP contribution in [0.2, 0.25) is 0 Å². The molecular formula is C24H22O. The third kappa shape index (κ3) is 2.41. The van der Waals surface area contributed by atoms with E-state index < -0.39 is 0 Å². The second kappa shape index (κ2) is 5.84. The lowest BCUT2D eigenvalue weighted by atomic mass is 9.78. The van der Waals surface area contributed by atoms with E-state index in [9.17, 15) is 4.79 Å². The number of carbonyl (C=O) groups is 1. The monoisotopic (exact) mass is 326 g/mol. The largest absolute Gasteiger partial charge is 0.289 e. The van der Waals surface area contributed by atoms with E-state index >= 15 is 0 Å².